The highest BCUT2D eigenvalue weighted by Crippen LogP contribution is 2.25. The lowest BCUT2D eigenvalue weighted by molar-refractivity contribution is 0.0634. The minimum absolute atomic E-state index is 0.236. The Morgan fingerprint density at radius 1 is 1.20 bits per heavy atom. The number of anilines is 1. The number of β-amino-alcohol motifs (C(OH)–C–C–N with tert-alkyl or cyclic N) is 1. The first-order valence-corrected chi connectivity index (χ1v) is 11.1. The summed E-state index contributed by atoms with van der Waals surface area (Å²) in [6, 6.07) is 6.13. The number of amides is 1. The Kier molecular flexibility index (Phi) is 6.82. The molecule has 1 atom stereocenters. The van der Waals surface area contributed by atoms with E-state index >= 15 is 0 Å². The molecular weight excluding hydrogens is 380 g/mol. The van der Waals surface area contributed by atoms with E-state index in [9.17, 15) is 9.90 Å². The molecule has 2 N–H and O–H groups in total. The number of carbonyl (C=O) groups excluding carboxylic acids is 1. The monoisotopic (exact) mass is 412 g/mol. The molecule has 0 radical (unpaired) electrons. The van der Waals surface area contributed by atoms with Gasteiger partial charge in [0.2, 0.25) is 5.89 Å². The number of oxazole rings is 1. The Morgan fingerprint density at radius 2 is 1.97 bits per heavy atom. The summed E-state index contributed by atoms with van der Waals surface area (Å²) in [7, 11) is 0. The zero-order chi connectivity index (χ0) is 20.9. The number of aliphatic hydroxyl groups is 1. The lowest BCUT2D eigenvalue weighted by atomic mass is 10.1. The van der Waals surface area contributed by atoms with E-state index in [-0.39, 0.29) is 12.0 Å². The topological polar surface area (TPSA) is 81.8 Å². The van der Waals surface area contributed by atoms with E-state index in [2.05, 4.69) is 39.2 Å². The maximum atomic E-state index is 12.5. The number of aromatic nitrogens is 1. The van der Waals surface area contributed by atoms with Gasteiger partial charge in [-0.05, 0) is 48.9 Å². The molecule has 0 saturated carbocycles. The van der Waals surface area contributed by atoms with Gasteiger partial charge < -0.3 is 14.8 Å². The second-order valence-electron chi connectivity index (χ2n) is 8.44. The number of hydrogen-bond donors (Lipinski definition) is 2. The molecule has 1 aliphatic carbocycles. The van der Waals surface area contributed by atoms with Gasteiger partial charge in [0.15, 0.2) is 5.69 Å². The van der Waals surface area contributed by atoms with Gasteiger partial charge in [-0.2, -0.15) is 0 Å². The molecule has 1 amide bonds. The zero-order valence-electron chi connectivity index (χ0n) is 17.8. The van der Waals surface area contributed by atoms with Crippen molar-refractivity contribution in [2.75, 3.05) is 38.0 Å². The van der Waals surface area contributed by atoms with Crippen LogP contribution in [-0.2, 0) is 19.4 Å². The molecule has 162 valence electrons. The normalized spacial score (nSPS) is 18.3. The fourth-order valence-electron chi connectivity index (χ4n) is 4.38. The second kappa shape index (κ2) is 9.73. The van der Waals surface area contributed by atoms with Crippen LogP contribution in [0.5, 0.6) is 0 Å². The van der Waals surface area contributed by atoms with Crippen LogP contribution in [0.1, 0.15) is 53.7 Å². The number of rotatable bonds is 8. The van der Waals surface area contributed by atoms with Crippen LogP contribution < -0.4 is 5.32 Å². The minimum Gasteiger partial charge on any atom is -0.447 e. The van der Waals surface area contributed by atoms with Crippen LogP contribution in [0, 0.1) is 0 Å². The SMILES string of the molecule is CCC[C@H](O)CN1CCN(Cc2nc(C(=O)Nc3ccc4c(c3)CCC4)co2)CC1. The van der Waals surface area contributed by atoms with Crippen molar-refractivity contribution in [1.82, 2.24) is 14.8 Å². The third-order valence-corrected chi connectivity index (χ3v) is 6.06. The molecule has 7 heteroatoms. The predicted molar refractivity (Wildman–Crippen MR) is 116 cm³/mol. The molecule has 1 saturated heterocycles. The van der Waals surface area contributed by atoms with Crippen LogP contribution in [0.4, 0.5) is 5.69 Å². The highest BCUT2D eigenvalue weighted by molar-refractivity contribution is 6.02. The number of nitrogens with zero attached hydrogens (tertiary/aromatic N) is 3. The van der Waals surface area contributed by atoms with Crippen LogP contribution in [0.3, 0.4) is 0 Å². The molecule has 1 aliphatic heterocycles. The zero-order valence-corrected chi connectivity index (χ0v) is 17.8. The summed E-state index contributed by atoms with van der Waals surface area (Å²) >= 11 is 0. The summed E-state index contributed by atoms with van der Waals surface area (Å²) in [4.78, 5) is 21.5. The molecule has 2 heterocycles. The van der Waals surface area contributed by atoms with Crippen LogP contribution in [-0.4, -0.2) is 64.6 Å². The van der Waals surface area contributed by atoms with Gasteiger partial charge in [-0.3, -0.25) is 14.6 Å². The summed E-state index contributed by atoms with van der Waals surface area (Å²) in [5, 5.41) is 12.9. The van der Waals surface area contributed by atoms with Gasteiger partial charge in [-0.1, -0.05) is 19.4 Å². The van der Waals surface area contributed by atoms with E-state index in [0.717, 1.165) is 64.1 Å². The molecule has 2 aromatic rings. The first-order chi connectivity index (χ1) is 14.6. The van der Waals surface area contributed by atoms with Crippen molar-refractivity contribution in [1.29, 1.82) is 0 Å². The molecule has 0 spiro atoms. The number of aliphatic hydroxyl groups excluding tert-OH is 1. The number of benzene rings is 1. The standard InChI is InChI=1S/C23H32N4O3/c1-2-4-20(28)14-26-9-11-27(12-10-26)15-22-25-21(16-30-22)23(29)24-19-8-7-17-5-3-6-18(17)13-19/h7-8,13,16,20,28H,2-6,9-12,14-15H2,1H3,(H,24,29)/t20-/m0/s1. The Bertz CT molecular complexity index is 858. The Labute approximate surface area is 178 Å². The summed E-state index contributed by atoms with van der Waals surface area (Å²) in [6.07, 6.45) is 6.46. The van der Waals surface area contributed by atoms with Crippen LogP contribution in [0.25, 0.3) is 0 Å². The first kappa shape index (κ1) is 21.0. The van der Waals surface area contributed by atoms with E-state index < -0.39 is 0 Å². The number of hydrogen-bond acceptors (Lipinski definition) is 6. The highest BCUT2D eigenvalue weighted by Gasteiger charge is 2.21. The molecule has 1 aromatic heterocycles. The summed E-state index contributed by atoms with van der Waals surface area (Å²) < 4.78 is 5.56. The third-order valence-electron chi connectivity index (χ3n) is 6.06. The van der Waals surface area contributed by atoms with E-state index in [4.69, 9.17) is 4.42 Å². The van der Waals surface area contributed by atoms with Gasteiger partial charge in [0.25, 0.3) is 5.91 Å². The summed E-state index contributed by atoms with van der Waals surface area (Å²) in [6.45, 7) is 7.08. The third kappa shape index (κ3) is 5.28. The first-order valence-electron chi connectivity index (χ1n) is 11.1. The second-order valence-corrected chi connectivity index (χ2v) is 8.44. The van der Waals surface area contributed by atoms with Crippen molar-refractivity contribution < 1.29 is 14.3 Å². The smallest absolute Gasteiger partial charge is 0.277 e. The van der Waals surface area contributed by atoms with Crippen molar-refractivity contribution in [3.63, 3.8) is 0 Å². The molecule has 1 fully saturated rings. The molecule has 30 heavy (non-hydrogen) atoms. The Balaban J connectivity index is 1.26. The molecule has 0 unspecified atom stereocenters. The lowest BCUT2D eigenvalue weighted by Gasteiger charge is -2.34. The molecule has 7 nitrogen and oxygen atoms in total. The van der Waals surface area contributed by atoms with Gasteiger partial charge in [-0.25, -0.2) is 4.98 Å². The maximum Gasteiger partial charge on any atom is 0.277 e. The highest BCUT2D eigenvalue weighted by atomic mass is 16.3. The van der Waals surface area contributed by atoms with Crippen LogP contribution >= 0.6 is 0 Å². The number of piperazine rings is 1. The molecule has 2 aliphatic rings. The summed E-state index contributed by atoms with van der Waals surface area (Å²) in [5.41, 5.74) is 3.84. The molecule has 4 rings (SSSR count). The molecule has 0 bridgehead atoms. The van der Waals surface area contributed by atoms with E-state index in [0.29, 0.717) is 18.1 Å². The van der Waals surface area contributed by atoms with Gasteiger partial charge >= 0.3 is 0 Å². The largest absolute Gasteiger partial charge is 0.447 e. The number of carbonyl (C=O) groups is 1. The van der Waals surface area contributed by atoms with Gasteiger partial charge in [0, 0.05) is 38.4 Å². The Morgan fingerprint density at radius 3 is 2.77 bits per heavy atom. The van der Waals surface area contributed by atoms with E-state index in [1.54, 1.807) is 0 Å². The predicted octanol–water partition coefficient (Wildman–Crippen LogP) is 2.69. The number of fused-ring (bicyclic) bond motifs is 1. The van der Waals surface area contributed by atoms with Gasteiger partial charge in [0.05, 0.1) is 12.6 Å². The molecule has 1 aromatic carbocycles. The van der Waals surface area contributed by atoms with Crippen molar-refractivity contribution in [3.8, 4) is 0 Å². The van der Waals surface area contributed by atoms with E-state index in [1.807, 2.05) is 6.07 Å². The average molecular weight is 413 g/mol. The fourth-order valence-corrected chi connectivity index (χ4v) is 4.38. The van der Waals surface area contributed by atoms with Gasteiger partial charge in [-0.15, -0.1) is 0 Å². The van der Waals surface area contributed by atoms with Crippen molar-refractivity contribution in [2.45, 2.75) is 51.7 Å². The fraction of sp³-hybridized carbons (Fsp3) is 0.565. The van der Waals surface area contributed by atoms with E-state index in [1.165, 1.54) is 23.8 Å². The number of nitrogens with one attached hydrogen (secondary N) is 1. The van der Waals surface area contributed by atoms with Crippen molar-refractivity contribution in [3.05, 3.63) is 47.2 Å². The quantitative estimate of drug-likeness (QED) is 0.694. The Hall–Kier alpha value is -2.22. The van der Waals surface area contributed by atoms with Crippen LogP contribution in [0.2, 0.25) is 0 Å². The number of aryl methyl sites for hydroxylation is 2. The summed E-state index contributed by atoms with van der Waals surface area (Å²) in [5.74, 6) is 0.325. The van der Waals surface area contributed by atoms with Crippen LogP contribution in [0.15, 0.2) is 28.9 Å². The minimum atomic E-state index is -0.238. The average Bonchev–Trinajstić information content (AvgIpc) is 3.39. The maximum absolute atomic E-state index is 12.5. The van der Waals surface area contributed by atoms with Crippen molar-refractivity contribution >= 4 is 11.6 Å². The van der Waals surface area contributed by atoms with Gasteiger partial charge in [0.1, 0.15) is 6.26 Å². The molecular formula is C23H32N4O3. The van der Waals surface area contributed by atoms with Crippen molar-refractivity contribution in [2.24, 2.45) is 0 Å². The lowest BCUT2D eigenvalue weighted by Crippen LogP contribution is -2.48.